The van der Waals surface area contributed by atoms with Gasteiger partial charge in [0.1, 0.15) is 12.7 Å². The van der Waals surface area contributed by atoms with Crippen molar-refractivity contribution in [3.05, 3.63) is 35.9 Å². The van der Waals surface area contributed by atoms with Crippen molar-refractivity contribution in [2.24, 2.45) is 5.41 Å². The Hall–Kier alpha value is -2.12. The van der Waals surface area contributed by atoms with Gasteiger partial charge in [-0.15, -0.1) is 0 Å². The van der Waals surface area contributed by atoms with Crippen molar-refractivity contribution in [1.82, 2.24) is 10.6 Å². The molecule has 23 heavy (non-hydrogen) atoms. The van der Waals surface area contributed by atoms with Crippen LogP contribution in [0.5, 0.6) is 0 Å². The summed E-state index contributed by atoms with van der Waals surface area (Å²) >= 11 is 0. The molecule has 0 aromatic heterocycles. The van der Waals surface area contributed by atoms with Gasteiger partial charge in [-0.3, -0.25) is 4.79 Å². The average molecular weight is 324 g/mol. The number of nitrogens with one attached hydrogen (secondary N) is 2. The van der Waals surface area contributed by atoms with Crippen LogP contribution in [0.1, 0.15) is 19.4 Å². The molecular weight excluding hydrogens is 300 g/mol. The third-order valence-electron chi connectivity index (χ3n) is 3.30. The van der Waals surface area contributed by atoms with Gasteiger partial charge >= 0.3 is 6.09 Å². The fourth-order valence-electron chi connectivity index (χ4n) is 1.66. The van der Waals surface area contributed by atoms with Crippen molar-refractivity contribution in [3.63, 3.8) is 0 Å². The van der Waals surface area contributed by atoms with E-state index in [1.807, 2.05) is 30.3 Å². The van der Waals surface area contributed by atoms with Crippen LogP contribution in [0.15, 0.2) is 30.3 Å². The predicted molar refractivity (Wildman–Crippen MR) is 84.5 cm³/mol. The van der Waals surface area contributed by atoms with Crippen LogP contribution in [0.4, 0.5) is 4.79 Å². The van der Waals surface area contributed by atoms with Gasteiger partial charge in [0.05, 0.1) is 6.61 Å². The number of ether oxygens (including phenoxy) is 1. The van der Waals surface area contributed by atoms with Crippen LogP contribution < -0.4 is 10.6 Å². The number of rotatable bonds is 8. The molecule has 0 aliphatic rings. The summed E-state index contributed by atoms with van der Waals surface area (Å²) in [6.45, 7) is 3.34. The fourth-order valence-corrected chi connectivity index (χ4v) is 1.66. The highest BCUT2D eigenvalue weighted by Crippen LogP contribution is 2.19. The maximum Gasteiger partial charge on any atom is 0.407 e. The van der Waals surface area contributed by atoms with Gasteiger partial charge in [-0.25, -0.2) is 4.79 Å². The van der Waals surface area contributed by atoms with Crippen LogP contribution in [-0.4, -0.2) is 48.0 Å². The van der Waals surface area contributed by atoms with Gasteiger partial charge in [-0.1, -0.05) is 44.2 Å². The van der Waals surface area contributed by atoms with E-state index in [0.717, 1.165) is 5.56 Å². The van der Waals surface area contributed by atoms with Crippen molar-refractivity contribution in [2.45, 2.75) is 26.6 Å². The molecule has 0 aliphatic carbocycles. The predicted octanol–water partition coefficient (Wildman–Crippen LogP) is 0.408. The highest BCUT2D eigenvalue weighted by Gasteiger charge is 2.32. The molecule has 1 atom stereocenters. The monoisotopic (exact) mass is 324 g/mol. The summed E-state index contributed by atoms with van der Waals surface area (Å²) in [6, 6.07) is 9.27. The van der Waals surface area contributed by atoms with Crippen LogP contribution in [0.2, 0.25) is 0 Å². The second kappa shape index (κ2) is 9.12. The van der Waals surface area contributed by atoms with Crippen LogP contribution >= 0.6 is 0 Å². The topological polar surface area (TPSA) is 108 Å². The quantitative estimate of drug-likeness (QED) is 0.518. The Morgan fingerprint density at radius 2 is 1.78 bits per heavy atom. The molecule has 0 bridgehead atoms. The first kappa shape index (κ1) is 18.9. The normalized spacial score (nSPS) is 12.3. The molecule has 0 aliphatic heterocycles. The lowest BCUT2D eigenvalue weighted by atomic mass is 9.87. The van der Waals surface area contributed by atoms with Crippen molar-refractivity contribution in [2.75, 3.05) is 19.7 Å². The molecule has 1 unspecified atom stereocenters. The van der Waals surface area contributed by atoms with Gasteiger partial charge in [0.25, 0.3) is 0 Å². The molecule has 4 N–H and O–H groups in total. The third-order valence-corrected chi connectivity index (χ3v) is 3.30. The van der Waals surface area contributed by atoms with E-state index in [9.17, 15) is 14.7 Å². The number of aliphatic hydroxyl groups excluding tert-OH is 2. The lowest BCUT2D eigenvalue weighted by molar-refractivity contribution is -0.137. The average Bonchev–Trinajstić information content (AvgIpc) is 2.56. The molecule has 0 heterocycles. The van der Waals surface area contributed by atoms with Gasteiger partial charge < -0.3 is 25.6 Å². The summed E-state index contributed by atoms with van der Waals surface area (Å²) in [5.41, 5.74) is -0.0446. The van der Waals surface area contributed by atoms with Gasteiger partial charge in [0.2, 0.25) is 5.91 Å². The highest BCUT2D eigenvalue weighted by molar-refractivity contribution is 5.81. The van der Waals surface area contributed by atoms with Crippen molar-refractivity contribution in [3.8, 4) is 0 Å². The lowest BCUT2D eigenvalue weighted by Gasteiger charge is -2.27. The summed E-state index contributed by atoms with van der Waals surface area (Å²) in [4.78, 5) is 23.2. The van der Waals surface area contributed by atoms with E-state index in [0.29, 0.717) is 0 Å². The molecule has 0 fully saturated rings. The van der Waals surface area contributed by atoms with E-state index in [4.69, 9.17) is 9.84 Å². The SMILES string of the molecule is CC(C)(CO)C(O)C(=O)NCCNC(=O)OCc1ccccc1. The van der Waals surface area contributed by atoms with E-state index in [2.05, 4.69) is 10.6 Å². The minimum absolute atomic E-state index is 0.151. The third kappa shape index (κ3) is 6.66. The van der Waals surface area contributed by atoms with Crippen molar-refractivity contribution in [1.29, 1.82) is 0 Å². The second-order valence-electron chi connectivity index (χ2n) is 5.83. The molecule has 128 valence electrons. The molecule has 2 amide bonds. The molecule has 0 spiro atoms. The number of hydrogen-bond donors (Lipinski definition) is 4. The molecule has 0 saturated heterocycles. The maximum atomic E-state index is 11.7. The number of carbonyl (C=O) groups excluding carboxylic acids is 2. The Balaban J connectivity index is 2.19. The van der Waals surface area contributed by atoms with Crippen LogP contribution in [-0.2, 0) is 16.1 Å². The molecular formula is C16H24N2O5. The molecule has 7 heteroatoms. The number of carbonyl (C=O) groups is 2. The van der Waals surface area contributed by atoms with E-state index in [-0.39, 0.29) is 26.3 Å². The zero-order chi connectivity index (χ0) is 17.3. The van der Waals surface area contributed by atoms with Gasteiger partial charge in [0, 0.05) is 18.5 Å². The standard InChI is InChI=1S/C16H24N2O5/c1-16(2,11-19)13(20)14(21)17-8-9-18-15(22)23-10-12-6-4-3-5-7-12/h3-7,13,19-20H,8-11H2,1-2H3,(H,17,21)(H,18,22). The first-order chi connectivity index (χ1) is 10.9. The number of benzene rings is 1. The minimum Gasteiger partial charge on any atom is -0.445 e. The summed E-state index contributed by atoms with van der Waals surface area (Å²) in [5.74, 6) is -0.594. The van der Waals surface area contributed by atoms with Crippen molar-refractivity contribution >= 4 is 12.0 Å². The number of alkyl carbamates (subject to hydrolysis) is 1. The molecule has 1 aromatic rings. The lowest BCUT2D eigenvalue weighted by Crippen LogP contribution is -2.47. The molecule has 7 nitrogen and oxygen atoms in total. The Labute approximate surface area is 135 Å². The summed E-state index contributed by atoms with van der Waals surface area (Å²) in [6.07, 6.45) is -1.91. The Morgan fingerprint density at radius 3 is 2.39 bits per heavy atom. The highest BCUT2D eigenvalue weighted by atomic mass is 16.5. The molecule has 1 aromatic carbocycles. The van der Waals surface area contributed by atoms with E-state index >= 15 is 0 Å². The first-order valence-electron chi connectivity index (χ1n) is 7.38. The van der Waals surface area contributed by atoms with Crippen LogP contribution in [0, 0.1) is 5.41 Å². The second-order valence-corrected chi connectivity index (χ2v) is 5.83. The van der Waals surface area contributed by atoms with Gasteiger partial charge in [-0.05, 0) is 5.56 Å². The van der Waals surface area contributed by atoms with Gasteiger partial charge in [0.15, 0.2) is 0 Å². The first-order valence-corrected chi connectivity index (χ1v) is 7.38. The van der Waals surface area contributed by atoms with E-state index in [1.54, 1.807) is 13.8 Å². The zero-order valence-corrected chi connectivity index (χ0v) is 13.4. The smallest absolute Gasteiger partial charge is 0.407 e. The Kier molecular flexibility index (Phi) is 7.50. The van der Waals surface area contributed by atoms with Crippen LogP contribution in [0.3, 0.4) is 0 Å². The largest absolute Gasteiger partial charge is 0.445 e. The number of aliphatic hydroxyl groups is 2. The van der Waals surface area contributed by atoms with Crippen LogP contribution in [0.25, 0.3) is 0 Å². The van der Waals surface area contributed by atoms with E-state index in [1.165, 1.54) is 0 Å². The minimum atomic E-state index is -1.32. The van der Waals surface area contributed by atoms with Gasteiger partial charge in [-0.2, -0.15) is 0 Å². The summed E-state index contributed by atoms with van der Waals surface area (Å²) in [5, 5.41) is 23.9. The Morgan fingerprint density at radius 1 is 1.17 bits per heavy atom. The molecule has 1 rings (SSSR count). The Bertz CT molecular complexity index is 504. The fraction of sp³-hybridized carbons (Fsp3) is 0.500. The maximum absolute atomic E-state index is 11.7. The number of amides is 2. The van der Waals surface area contributed by atoms with Crippen molar-refractivity contribution < 1.29 is 24.5 Å². The number of hydrogen-bond acceptors (Lipinski definition) is 5. The van der Waals surface area contributed by atoms with E-state index < -0.39 is 23.5 Å². The molecule has 0 radical (unpaired) electrons. The summed E-state index contributed by atoms with van der Waals surface area (Å²) in [7, 11) is 0. The zero-order valence-electron chi connectivity index (χ0n) is 13.4. The summed E-state index contributed by atoms with van der Waals surface area (Å²) < 4.78 is 5.01. The molecule has 0 saturated carbocycles.